The fourth-order valence-electron chi connectivity index (χ4n) is 3.03. The molecule has 2 N–H and O–H groups in total. The van der Waals surface area contributed by atoms with E-state index in [1.165, 1.54) is 0 Å². The molecule has 0 radical (unpaired) electrons. The van der Waals surface area contributed by atoms with Gasteiger partial charge in [0.2, 0.25) is 0 Å². The second-order valence-corrected chi connectivity index (χ2v) is 6.30. The summed E-state index contributed by atoms with van der Waals surface area (Å²) in [7, 11) is 0. The second kappa shape index (κ2) is 7.16. The zero-order chi connectivity index (χ0) is 18.8. The number of benzene rings is 1. The van der Waals surface area contributed by atoms with Crippen LogP contribution in [0.15, 0.2) is 41.7 Å². The molecule has 0 amide bonds. The topological polar surface area (TPSA) is 104 Å². The van der Waals surface area contributed by atoms with Crippen molar-refractivity contribution in [3.8, 4) is 17.1 Å². The molecule has 8 heteroatoms. The Morgan fingerprint density at radius 1 is 1.19 bits per heavy atom. The highest BCUT2D eigenvalue weighted by Crippen LogP contribution is 2.28. The normalized spacial score (nSPS) is 15.3. The monoisotopic (exact) mass is 365 g/mol. The van der Waals surface area contributed by atoms with Crippen molar-refractivity contribution < 1.29 is 15.1 Å². The molecule has 27 heavy (non-hydrogen) atoms. The van der Waals surface area contributed by atoms with Crippen LogP contribution < -0.4 is 4.90 Å². The molecule has 4 rings (SSSR count). The summed E-state index contributed by atoms with van der Waals surface area (Å²) < 4.78 is 5.45. The van der Waals surface area contributed by atoms with Gasteiger partial charge >= 0.3 is 0 Å². The van der Waals surface area contributed by atoms with E-state index < -0.39 is 0 Å². The number of hydrogen-bond donors (Lipinski definition) is 2. The Bertz CT molecular complexity index is 1020. The lowest BCUT2D eigenvalue weighted by Gasteiger charge is -2.28. The number of nitrogens with zero attached hydrogens (tertiary/aromatic N) is 5. The van der Waals surface area contributed by atoms with Crippen LogP contribution in [0.1, 0.15) is 12.5 Å². The zero-order valence-corrected chi connectivity index (χ0v) is 14.8. The number of morpholine rings is 1. The third kappa shape index (κ3) is 3.39. The predicted molar refractivity (Wildman–Crippen MR) is 101 cm³/mol. The van der Waals surface area contributed by atoms with E-state index in [2.05, 4.69) is 20.0 Å². The predicted octanol–water partition coefficient (Wildman–Crippen LogP) is 2.43. The van der Waals surface area contributed by atoms with Crippen LogP contribution in [-0.2, 0) is 4.74 Å². The molecule has 1 saturated heterocycles. The number of rotatable bonds is 3. The van der Waals surface area contributed by atoms with Gasteiger partial charge in [-0.2, -0.15) is 0 Å². The molecular formula is C19H19N5O3. The number of phenolic OH excluding ortho intramolecular Hbond substituents is 1. The van der Waals surface area contributed by atoms with Gasteiger partial charge in [0.1, 0.15) is 11.3 Å². The SMILES string of the molecule is CC(=NO)c1cnc2c(N3CCOCC3)nc(-c3cccc(O)c3)nc2c1. The van der Waals surface area contributed by atoms with Gasteiger partial charge in [-0.25, -0.2) is 15.0 Å². The van der Waals surface area contributed by atoms with Gasteiger partial charge in [0.05, 0.1) is 24.4 Å². The molecular weight excluding hydrogens is 346 g/mol. The Morgan fingerprint density at radius 3 is 2.74 bits per heavy atom. The summed E-state index contributed by atoms with van der Waals surface area (Å²) in [6.07, 6.45) is 1.65. The molecule has 3 heterocycles. The van der Waals surface area contributed by atoms with Crippen molar-refractivity contribution in [2.45, 2.75) is 6.92 Å². The van der Waals surface area contributed by atoms with Crippen LogP contribution in [0, 0.1) is 0 Å². The molecule has 8 nitrogen and oxygen atoms in total. The maximum absolute atomic E-state index is 9.82. The standard InChI is InChI=1S/C19H19N5O3/c1-12(23-26)14-10-16-17(20-11-14)19(24-5-7-27-8-6-24)22-18(21-16)13-3-2-4-15(25)9-13/h2-4,9-11,25-26H,5-8H2,1H3. The van der Waals surface area contributed by atoms with Gasteiger partial charge < -0.3 is 20.0 Å². The lowest BCUT2D eigenvalue weighted by atomic mass is 10.1. The highest BCUT2D eigenvalue weighted by molar-refractivity contribution is 6.01. The first-order valence-corrected chi connectivity index (χ1v) is 8.64. The first-order valence-electron chi connectivity index (χ1n) is 8.64. The number of oxime groups is 1. The lowest BCUT2D eigenvalue weighted by Crippen LogP contribution is -2.37. The summed E-state index contributed by atoms with van der Waals surface area (Å²) in [4.78, 5) is 16.0. The Balaban J connectivity index is 1.92. The van der Waals surface area contributed by atoms with Crippen molar-refractivity contribution in [2.75, 3.05) is 31.2 Å². The van der Waals surface area contributed by atoms with Crippen molar-refractivity contribution in [3.63, 3.8) is 0 Å². The summed E-state index contributed by atoms with van der Waals surface area (Å²) in [5, 5.41) is 22.1. The maximum Gasteiger partial charge on any atom is 0.162 e. The van der Waals surface area contributed by atoms with Crippen LogP contribution in [0.3, 0.4) is 0 Å². The summed E-state index contributed by atoms with van der Waals surface area (Å²) in [6, 6.07) is 8.66. The second-order valence-electron chi connectivity index (χ2n) is 6.30. The van der Waals surface area contributed by atoms with Gasteiger partial charge in [0, 0.05) is 30.4 Å². The molecule has 0 aliphatic carbocycles. The van der Waals surface area contributed by atoms with E-state index in [0.29, 0.717) is 60.0 Å². The minimum Gasteiger partial charge on any atom is -0.508 e. The van der Waals surface area contributed by atoms with E-state index in [1.54, 1.807) is 31.3 Å². The van der Waals surface area contributed by atoms with Gasteiger partial charge in [-0.05, 0) is 25.1 Å². The minimum atomic E-state index is 0.152. The molecule has 0 bridgehead atoms. The molecule has 138 valence electrons. The Kier molecular flexibility index (Phi) is 4.55. The largest absolute Gasteiger partial charge is 0.508 e. The van der Waals surface area contributed by atoms with E-state index in [9.17, 15) is 5.11 Å². The number of ether oxygens (including phenoxy) is 1. The van der Waals surface area contributed by atoms with E-state index in [-0.39, 0.29) is 5.75 Å². The van der Waals surface area contributed by atoms with Gasteiger partial charge in [0.25, 0.3) is 0 Å². The van der Waals surface area contributed by atoms with Crippen LogP contribution in [0.5, 0.6) is 5.75 Å². The molecule has 0 spiro atoms. The fraction of sp³-hybridized carbons (Fsp3) is 0.263. The van der Waals surface area contributed by atoms with Crippen molar-refractivity contribution in [1.82, 2.24) is 15.0 Å². The highest BCUT2D eigenvalue weighted by Gasteiger charge is 2.19. The average Bonchev–Trinajstić information content (AvgIpc) is 2.72. The van der Waals surface area contributed by atoms with Crippen molar-refractivity contribution in [3.05, 3.63) is 42.1 Å². The first-order chi connectivity index (χ1) is 13.2. The van der Waals surface area contributed by atoms with E-state index in [4.69, 9.17) is 14.9 Å². The van der Waals surface area contributed by atoms with Crippen LogP contribution in [0.2, 0.25) is 0 Å². The van der Waals surface area contributed by atoms with E-state index >= 15 is 0 Å². The number of fused-ring (bicyclic) bond motifs is 1. The minimum absolute atomic E-state index is 0.152. The molecule has 1 aliphatic rings. The number of phenols is 1. The van der Waals surface area contributed by atoms with E-state index in [0.717, 1.165) is 5.82 Å². The van der Waals surface area contributed by atoms with Gasteiger partial charge in [0.15, 0.2) is 11.6 Å². The summed E-state index contributed by atoms with van der Waals surface area (Å²) in [5.74, 6) is 1.38. The van der Waals surface area contributed by atoms with Crippen LogP contribution in [0.25, 0.3) is 22.4 Å². The molecule has 3 aromatic rings. The highest BCUT2D eigenvalue weighted by atomic mass is 16.5. The molecule has 0 unspecified atom stereocenters. The zero-order valence-electron chi connectivity index (χ0n) is 14.8. The summed E-state index contributed by atoms with van der Waals surface area (Å²) >= 11 is 0. The number of anilines is 1. The molecule has 2 aromatic heterocycles. The van der Waals surface area contributed by atoms with Crippen LogP contribution in [0.4, 0.5) is 5.82 Å². The number of aromatic hydroxyl groups is 1. The number of pyridine rings is 1. The van der Waals surface area contributed by atoms with Crippen LogP contribution >= 0.6 is 0 Å². The van der Waals surface area contributed by atoms with Crippen molar-refractivity contribution in [2.24, 2.45) is 5.16 Å². The maximum atomic E-state index is 9.82. The molecule has 1 fully saturated rings. The van der Waals surface area contributed by atoms with Crippen LogP contribution in [-0.4, -0.2) is 57.3 Å². The Hall–Kier alpha value is -3.26. The quantitative estimate of drug-likeness (QED) is 0.417. The number of hydrogen-bond acceptors (Lipinski definition) is 8. The Morgan fingerprint density at radius 2 is 2.00 bits per heavy atom. The average molecular weight is 365 g/mol. The first kappa shape index (κ1) is 17.2. The molecule has 0 saturated carbocycles. The third-order valence-corrected chi connectivity index (χ3v) is 4.50. The molecule has 0 atom stereocenters. The van der Waals surface area contributed by atoms with Gasteiger partial charge in [-0.3, -0.25) is 0 Å². The fourth-order valence-corrected chi connectivity index (χ4v) is 3.03. The summed E-state index contributed by atoms with van der Waals surface area (Å²) in [5.41, 5.74) is 3.17. The smallest absolute Gasteiger partial charge is 0.162 e. The summed E-state index contributed by atoms with van der Waals surface area (Å²) in [6.45, 7) is 4.38. The molecule has 1 aliphatic heterocycles. The lowest BCUT2D eigenvalue weighted by molar-refractivity contribution is 0.122. The number of aromatic nitrogens is 3. The van der Waals surface area contributed by atoms with E-state index in [1.807, 2.05) is 12.1 Å². The van der Waals surface area contributed by atoms with Crippen molar-refractivity contribution >= 4 is 22.6 Å². The van der Waals surface area contributed by atoms with Gasteiger partial charge in [-0.1, -0.05) is 17.3 Å². The Labute approximate surface area is 155 Å². The van der Waals surface area contributed by atoms with Crippen molar-refractivity contribution in [1.29, 1.82) is 0 Å². The third-order valence-electron chi connectivity index (χ3n) is 4.50. The molecule has 1 aromatic carbocycles. The van der Waals surface area contributed by atoms with Gasteiger partial charge in [-0.15, -0.1) is 0 Å².